The maximum Gasteiger partial charge on any atom is 0.281 e. The Hall–Kier alpha value is -0.170. The molecule has 0 aliphatic rings. The Balaban J connectivity index is 4.59. The van der Waals surface area contributed by atoms with E-state index < -0.39 is 10.2 Å². The molecule has 0 spiro atoms. The van der Waals surface area contributed by atoms with Crippen LogP contribution in [0.15, 0.2) is 0 Å². The monoisotopic (exact) mass is 265 g/mol. The van der Waals surface area contributed by atoms with Gasteiger partial charge in [-0.05, 0) is 40.3 Å². The molecule has 0 bridgehead atoms. The normalized spacial score (nSPS) is 12.9. The molecule has 5 nitrogen and oxygen atoms in total. The van der Waals surface area contributed by atoms with E-state index in [4.69, 9.17) is 0 Å². The smallest absolute Gasteiger partial charge is 0.281 e. The van der Waals surface area contributed by atoms with Crippen molar-refractivity contribution in [3.8, 4) is 0 Å². The lowest BCUT2D eigenvalue weighted by molar-refractivity contribution is 0.316. The van der Waals surface area contributed by atoms with E-state index in [1.165, 1.54) is 4.31 Å². The summed E-state index contributed by atoms with van der Waals surface area (Å²) in [5.41, 5.74) is 0. The van der Waals surface area contributed by atoms with E-state index in [0.29, 0.717) is 13.1 Å². The first-order chi connectivity index (χ1) is 7.87. The van der Waals surface area contributed by atoms with E-state index in [-0.39, 0.29) is 6.04 Å². The second-order valence-corrected chi connectivity index (χ2v) is 6.48. The minimum absolute atomic E-state index is 0.00620. The molecule has 0 unspecified atom stereocenters. The Morgan fingerprint density at radius 2 is 1.82 bits per heavy atom. The van der Waals surface area contributed by atoms with Gasteiger partial charge in [0.1, 0.15) is 0 Å². The lowest BCUT2D eigenvalue weighted by Crippen LogP contribution is -2.46. The quantitative estimate of drug-likeness (QED) is 0.630. The highest BCUT2D eigenvalue weighted by Gasteiger charge is 2.27. The van der Waals surface area contributed by atoms with Crippen molar-refractivity contribution >= 4 is 10.2 Å². The van der Waals surface area contributed by atoms with Gasteiger partial charge in [0.25, 0.3) is 10.2 Å². The maximum atomic E-state index is 12.3. The van der Waals surface area contributed by atoms with Crippen LogP contribution in [0.5, 0.6) is 0 Å². The lowest BCUT2D eigenvalue weighted by Gasteiger charge is -2.30. The molecule has 1 N–H and O–H groups in total. The largest absolute Gasteiger partial charge is 0.320 e. The summed E-state index contributed by atoms with van der Waals surface area (Å²) in [6.45, 7) is 7.77. The highest BCUT2D eigenvalue weighted by molar-refractivity contribution is 7.86. The Labute approximate surface area is 106 Å². The highest BCUT2D eigenvalue weighted by Crippen LogP contribution is 2.11. The Morgan fingerprint density at radius 3 is 2.24 bits per heavy atom. The van der Waals surface area contributed by atoms with E-state index in [1.54, 1.807) is 11.4 Å². The zero-order chi connectivity index (χ0) is 13.5. The summed E-state index contributed by atoms with van der Waals surface area (Å²) in [5.74, 6) is 0. The predicted molar refractivity (Wildman–Crippen MR) is 72.2 cm³/mol. The van der Waals surface area contributed by atoms with Crippen LogP contribution in [0.3, 0.4) is 0 Å². The number of rotatable bonds is 9. The first-order valence-corrected chi connectivity index (χ1v) is 7.65. The average molecular weight is 265 g/mol. The summed E-state index contributed by atoms with van der Waals surface area (Å²) >= 11 is 0. The molecule has 0 heterocycles. The molecule has 0 saturated carbocycles. The van der Waals surface area contributed by atoms with Crippen LogP contribution in [0, 0.1) is 0 Å². The summed E-state index contributed by atoms with van der Waals surface area (Å²) in [5, 5.41) is 3.02. The molecule has 0 radical (unpaired) electrons. The second kappa shape index (κ2) is 8.02. The predicted octanol–water partition coefficient (Wildman–Crippen LogP) is 0.893. The van der Waals surface area contributed by atoms with Crippen molar-refractivity contribution in [1.29, 1.82) is 0 Å². The first-order valence-electron chi connectivity index (χ1n) is 6.25. The SMILES string of the molecule is CCCN(C(C)C)S(=O)(=O)N(C)CCCNC. The average Bonchev–Trinajstić information content (AvgIpc) is 2.25. The summed E-state index contributed by atoms with van der Waals surface area (Å²) in [4.78, 5) is 0. The molecule has 0 atom stereocenters. The van der Waals surface area contributed by atoms with Crippen molar-refractivity contribution in [2.45, 2.75) is 39.7 Å². The molecule has 0 aliphatic carbocycles. The fourth-order valence-corrected chi connectivity index (χ4v) is 3.30. The molecule has 0 rings (SSSR count). The zero-order valence-electron chi connectivity index (χ0n) is 11.7. The second-order valence-electron chi connectivity index (χ2n) is 4.49. The third kappa shape index (κ3) is 5.33. The summed E-state index contributed by atoms with van der Waals surface area (Å²) < 4.78 is 27.6. The van der Waals surface area contributed by atoms with Gasteiger partial charge in [-0.15, -0.1) is 0 Å². The van der Waals surface area contributed by atoms with E-state index in [1.807, 2.05) is 27.8 Å². The molecule has 0 fully saturated rings. The van der Waals surface area contributed by atoms with Gasteiger partial charge >= 0.3 is 0 Å². The lowest BCUT2D eigenvalue weighted by atomic mass is 10.4. The van der Waals surface area contributed by atoms with E-state index in [9.17, 15) is 8.42 Å². The topological polar surface area (TPSA) is 52.7 Å². The first kappa shape index (κ1) is 16.8. The van der Waals surface area contributed by atoms with Crippen LogP contribution in [0.2, 0.25) is 0 Å². The Morgan fingerprint density at radius 1 is 1.24 bits per heavy atom. The van der Waals surface area contributed by atoms with Gasteiger partial charge in [-0.3, -0.25) is 0 Å². The fourth-order valence-electron chi connectivity index (χ4n) is 1.63. The van der Waals surface area contributed by atoms with E-state index >= 15 is 0 Å². The van der Waals surface area contributed by atoms with Crippen LogP contribution < -0.4 is 5.32 Å². The van der Waals surface area contributed by atoms with E-state index in [0.717, 1.165) is 19.4 Å². The third-order valence-corrected chi connectivity index (χ3v) is 4.78. The van der Waals surface area contributed by atoms with Crippen molar-refractivity contribution in [3.05, 3.63) is 0 Å². The van der Waals surface area contributed by atoms with E-state index in [2.05, 4.69) is 5.32 Å². The van der Waals surface area contributed by atoms with Gasteiger partial charge in [0.05, 0.1) is 0 Å². The number of nitrogens with zero attached hydrogens (tertiary/aromatic N) is 2. The number of nitrogens with one attached hydrogen (secondary N) is 1. The number of hydrogen-bond acceptors (Lipinski definition) is 3. The summed E-state index contributed by atoms with van der Waals surface area (Å²) in [7, 11) is 0.212. The van der Waals surface area contributed by atoms with Crippen LogP contribution in [0.1, 0.15) is 33.6 Å². The van der Waals surface area contributed by atoms with Crippen LogP contribution in [0.4, 0.5) is 0 Å². The van der Waals surface area contributed by atoms with Crippen LogP contribution in [-0.2, 0) is 10.2 Å². The molecule has 0 amide bonds. The van der Waals surface area contributed by atoms with Gasteiger partial charge in [0, 0.05) is 26.2 Å². The summed E-state index contributed by atoms with van der Waals surface area (Å²) in [6.07, 6.45) is 1.66. The van der Waals surface area contributed by atoms with Crippen LogP contribution in [-0.4, -0.2) is 56.8 Å². The van der Waals surface area contributed by atoms with Gasteiger partial charge in [-0.25, -0.2) is 0 Å². The minimum Gasteiger partial charge on any atom is -0.320 e. The van der Waals surface area contributed by atoms with Crippen molar-refractivity contribution in [2.75, 3.05) is 33.7 Å². The molecule has 104 valence electrons. The fraction of sp³-hybridized carbons (Fsp3) is 1.00. The molecular formula is C11H27N3O2S. The van der Waals surface area contributed by atoms with Crippen molar-refractivity contribution in [1.82, 2.24) is 13.9 Å². The van der Waals surface area contributed by atoms with Gasteiger partial charge in [0.15, 0.2) is 0 Å². The Kier molecular flexibility index (Phi) is 7.94. The molecular weight excluding hydrogens is 238 g/mol. The van der Waals surface area contributed by atoms with Crippen LogP contribution >= 0.6 is 0 Å². The Bertz CT molecular complexity index is 291. The summed E-state index contributed by atoms with van der Waals surface area (Å²) in [6, 6.07) is 0.00620. The standard InChI is InChI=1S/C11H27N3O2S/c1-6-9-14(11(2)3)17(15,16)13(5)10-7-8-12-4/h11-12H,6-10H2,1-5H3. The maximum absolute atomic E-state index is 12.3. The van der Waals surface area contributed by atoms with Gasteiger partial charge < -0.3 is 5.32 Å². The molecule has 6 heteroatoms. The third-order valence-electron chi connectivity index (χ3n) is 2.61. The number of hydrogen-bond donors (Lipinski definition) is 1. The molecule has 17 heavy (non-hydrogen) atoms. The molecule has 0 saturated heterocycles. The van der Waals surface area contributed by atoms with Crippen molar-refractivity contribution < 1.29 is 8.42 Å². The molecule has 0 aliphatic heterocycles. The minimum atomic E-state index is -3.30. The van der Waals surface area contributed by atoms with Crippen molar-refractivity contribution in [2.24, 2.45) is 0 Å². The molecule has 0 aromatic rings. The van der Waals surface area contributed by atoms with Gasteiger partial charge in [-0.2, -0.15) is 17.0 Å². The van der Waals surface area contributed by atoms with Gasteiger partial charge in [0.2, 0.25) is 0 Å². The zero-order valence-corrected chi connectivity index (χ0v) is 12.5. The van der Waals surface area contributed by atoms with Crippen LogP contribution in [0.25, 0.3) is 0 Å². The molecule has 0 aromatic heterocycles. The molecule has 0 aromatic carbocycles. The highest BCUT2D eigenvalue weighted by atomic mass is 32.2. The van der Waals surface area contributed by atoms with Crippen molar-refractivity contribution in [3.63, 3.8) is 0 Å². The van der Waals surface area contributed by atoms with Gasteiger partial charge in [-0.1, -0.05) is 6.92 Å².